The second kappa shape index (κ2) is 5.17. The molecule has 0 saturated carbocycles. The lowest BCUT2D eigenvalue weighted by Gasteiger charge is -2.18. The molecule has 15 heavy (non-hydrogen) atoms. The number of nitrogens with two attached hydrogens (primary N) is 1. The molecule has 0 fully saturated rings. The molecule has 0 aliphatic carbocycles. The van der Waals surface area contributed by atoms with E-state index in [0.717, 1.165) is 18.6 Å². The zero-order valence-corrected chi connectivity index (χ0v) is 9.92. The van der Waals surface area contributed by atoms with Crippen LogP contribution in [0.2, 0.25) is 0 Å². The van der Waals surface area contributed by atoms with Gasteiger partial charge in [-0.15, -0.1) is 0 Å². The fraction of sp³-hybridized carbons (Fsp3) is 0.538. The van der Waals surface area contributed by atoms with Crippen LogP contribution in [-0.4, -0.2) is 12.1 Å². The predicted octanol–water partition coefficient (Wildman–Crippen LogP) is 2.76. The fourth-order valence-electron chi connectivity index (χ4n) is 1.29. The fourth-order valence-corrected chi connectivity index (χ4v) is 1.29. The van der Waals surface area contributed by atoms with E-state index in [2.05, 4.69) is 19.1 Å². The number of rotatable bonds is 5. The van der Waals surface area contributed by atoms with Crippen molar-refractivity contribution in [2.24, 2.45) is 5.73 Å². The van der Waals surface area contributed by atoms with Crippen LogP contribution in [0.5, 0.6) is 5.75 Å². The Morgan fingerprint density at radius 2 is 2.07 bits per heavy atom. The van der Waals surface area contributed by atoms with Gasteiger partial charge in [-0.2, -0.15) is 0 Å². The van der Waals surface area contributed by atoms with E-state index in [1.54, 1.807) is 0 Å². The summed E-state index contributed by atoms with van der Waals surface area (Å²) < 4.78 is 5.64. The first-order valence-corrected chi connectivity index (χ1v) is 5.52. The number of aryl methyl sites for hydroxylation is 1. The molecular weight excluding hydrogens is 186 g/mol. The largest absolute Gasteiger partial charge is 0.494 e. The molecule has 0 heterocycles. The lowest BCUT2D eigenvalue weighted by atomic mass is 10.0. The molecule has 2 nitrogen and oxygen atoms in total. The summed E-state index contributed by atoms with van der Waals surface area (Å²) >= 11 is 0. The van der Waals surface area contributed by atoms with Crippen LogP contribution in [0.3, 0.4) is 0 Å². The number of hydrogen-bond acceptors (Lipinski definition) is 2. The topological polar surface area (TPSA) is 35.2 Å². The lowest BCUT2D eigenvalue weighted by molar-refractivity contribution is 0.274. The van der Waals surface area contributed by atoms with E-state index in [-0.39, 0.29) is 5.54 Å². The van der Waals surface area contributed by atoms with E-state index in [4.69, 9.17) is 10.5 Å². The second-order valence-electron chi connectivity index (χ2n) is 4.59. The molecule has 0 saturated heterocycles. The summed E-state index contributed by atoms with van der Waals surface area (Å²) in [5.74, 6) is 0.943. The SMILES string of the molecule is CCc1cccc(OCCC(C)(C)N)c1. The summed E-state index contributed by atoms with van der Waals surface area (Å²) in [6.45, 7) is 6.84. The Hall–Kier alpha value is -1.02. The second-order valence-corrected chi connectivity index (χ2v) is 4.59. The molecule has 0 spiro atoms. The van der Waals surface area contributed by atoms with Gasteiger partial charge in [-0.3, -0.25) is 0 Å². The predicted molar refractivity (Wildman–Crippen MR) is 64.2 cm³/mol. The van der Waals surface area contributed by atoms with Crippen molar-refractivity contribution in [3.63, 3.8) is 0 Å². The van der Waals surface area contributed by atoms with Crippen LogP contribution in [0.4, 0.5) is 0 Å². The van der Waals surface area contributed by atoms with Crippen molar-refractivity contribution in [1.82, 2.24) is 0 Å². The minimum atomic E-state index is -0.150. The molecule has 0 radical (unpaired) electrons. The van der Waals surface area contributed by atoms with E-state index >= 15 is 0 Å². The zero-order chi connectivity index (χ0) is 11.3. The number of benzene rings is 1. The van der Waals surface area contributed by atoms with Crippen molar-refractivity contribution in [1.29, 1.82) is 0 Å². The summed E-state index contributed by atoms with van der Waals surface area (Å²) in [5, 5.41) is 0. The molecule has 2 N–H and O–H groups in total. The maximum Gasteiger partial charge on any atom is 0.119 e. The smallest absolute Gasteiger partial charge is 0.119 e. The monoisotopic (exact) mass is 207 g/mol. The van der Waals surface area contributed by atoms with E-state index < -0.39 is 0 Å². The van der Waals surface area contributed by atoms with Gasteiger partial charge in [0, 0.05) is 5.54 Å². The summed E-state index contributed by atoms with van der Waals surface area (Å²) in [4.78, 5) is 0. The maximum absolute atomic E-state index is 5.88. The zero-order valence-electron chi connectivity index (χ0n) is 9.92. The first-order chi connectivity index (χ1) is 7.01. The number of ether oxygens (including phenoxy) is 1. The Balaban J connectivity index is 2.44. The molecule has 0 bridgehead atoms. The highest BCUT2D eigenvalue weighted by Gasteiger charge is 2.10. The van der Waals surface area contributed by atoms with Gasteiger partial charge in [-0.05, 0) is 44.4 Å². The Labute approximate surface area is 92.4 Å². The third-order valence-electron chi connectivity index (χ3n) is 2.32. The van der Waals surface area contributed by atoms with Gasteiger partial charge in [0.05, 0.1) is 6.61 Å². The van der Waals surface area contributed by atoms with E-state index in [1.165, 1.54) is 5.56 Å². The molecule has 0 aliphatic rings. The molecular formula is C13H21NO. The highest BCUT2D eigenvalue weighted by atomic mass is 16.5. The number of hydrogen-bond donors (Lipinski definition) is 1. The van der Waals surface area contributed by atoms with Crippen LogP contribution in [0.15, 0.2) is 24.3 Å². The highest BCUT2D eigenvalue weighted by Crippen LogP contribution is 2.14. The molecule has 1 rings (SSSR count). The Bertz CT molecular complexity index is 302. The van der Waals surface area contributed by atoms with Gasteiger partial charge in [0.2, 0.25) is 0 Å². The van der Waals surface area contributed by atoms with Crippen LogP contribution in [0.1, 0.15) is 32.8 Å². The summed E-state index contributed by atoms with van der Waals surface area (Å²) in [5.41, 5.74) is 7.03. The van der Waals surface area contributed by atoms with Crippen LogP contribution < -0.4 is 10.5 Å². The van der Waals surface area contributed by atoms with Gasteiger partial charge >= 0.3 is 0 Å². The van der Waals surface area contributed by atoms with Crippen LogP contribution in [0, 0.1) is 0 Å². The summed E-state index contributed by atoms with van der Waals surface area (Å²) in [6.07, 6.45) is 1.91. The maximum atomic E-state index is 5.88. The van der Waals surface area contributed by atoms with Crippen molar-refractivity contribution in [3.05, 3.63) is 29.8 Å². The van der Waals surface area contributed by atoms with Gasteiger partial charge < -0.3 is 10.5 Å². The van der Waals surface area contributed by atoms with Gasteiger partial charge in [0.25, 0.3) is 0 Å². The molecule has 84 valence electrons. The molecule has 1 aromatic rings. The molecule has 0 unspecified atom stereocenters. The molecule has 0 amide bonds. The van der Waals surface area contributed by atoms with Gasteiger partial charge in [-0.1, -0.05) is 19.1 Å². The molecule has 1 aromatic carbocycles. The Morgan fingerprint density at radius 1 is 1.33 bits per heavy atom. The third kappa shape index (κ3) is 4.84. The van der Waals surface area contributed by atoms with E-state index in [9.17, 15) is 0 Å². The van der Waals surface area contributed by atoms with Crippen molar-refractivity contribution >= 4 is 0 Å². The lowest BCUT2D eigenvalue weighted by Crippen LogP contribution is -2.33. The van der Waals surface area contributed by atoms with Crippen molar-refractivity contribution < 1.29 is 4.74 Å². The minimum Gasteiger partial charge on any atom is -0.494 e. The molecule has 0 aromatic heterocycles. The van der Waals surface area contributed by atoms with Crippen LogP contribution in [-0.2, 0) is 6.42 Å². The Morgan fingerprint density at radius 3 is 2.67 bits per heavy atom. The van der Waals surface area contributed by atoms with Gasteiger partial charge in [0.15, 0.2) is 0 Å². The summed E-state index contributed by atoms with van der Waals surface area (Å²) in [6, 6.07) is 8.22. The van der Waals surface area contributed by atoms with Crippen molar-refractivity contribution in [2.75, 3.05) is 6.61 Å². The average Bonchev–Trinajstić information content (AvgIpc) is 2.16. The highest BCUT2D eigenvalue weighted by molar-refractivity contribution is 5.28. The minimum absolute atomic E-state index is 0.150. The molecule has 2 heteroatoms. The van der Waals surface area contributed by atoms with E-state index in [1.807, 2.05) is 26.0 Å². The van der Waals surface area contributed by atoms with Crippen LogP contribution >= 0.6 is 0 Å². The normalized spacial score (nSPS) is 11.5. The third-order valence-corrected chi connectivity index (χ3v) is 2.32. The van der Waals surface area contributed by atoms with Gasteiger partial charge in [0.1, 0.15) is 5.75 Å². The average molecular weight is 207 g/mol. The first-order valence-electron chi connectivity index (χ1n) is 5.52. The van der Waals surface area contributed by atoms with Crippen molar-refractivity contribution in [3.8, 4) is 5.75 Å². The van der Waals surface area contributed by atoms with Crippen molar-refractivity contribution in [2.45, 2.75) is 39.2 Å². The molecule has 0 aliphatic heterocycles. The van der Waals surface area contributed by atoms with E-state index in [0.29, 0.717) is 6.61 Å². The van der Waals surface area contributed by atoms with Gasteiger partial charge in [-0.25, -0.2) is 0 Å². The molecule has 0 atom stereocenters. The Kier molecular flexibility index (Phi) is 4.15. The standard InChI is InChI=1S/C13H21NO/c1-4-11-6-5-7-12(10-11)15-9-8-13(2,3)14/h5-7,10H,4,8-9,14H2,1-3H3. The summed E-state index contributed by atoms with van der Waals surface area (Å²) in [7, 11) is 0. The quantitative estimate of drug-likeness (QED) is 0.805. The van der Waals surface area contributed by atoms with Crippen LogP contribution in [0.25, 0.3) is 0 Å². The first kappa shape index (κ1) is 12.1.